The van der Waals surface area contributed by atoms with Crippen LogP contribution in [0.1, 0.15) is 38.3 Å². The Morgan fingerprint density at radius 3 is 1.70 bits per heavy atom. The van der Waals surface area contributed by atoms with Gasteiger partial charge < -0.3 is 4.74 Å². The molecule has 0 amide bonds. The molecular formula is C19H25F3O. The highest BCUT2D eigenvalue weighted by Crippen LogP contribution is 2.26. The zero-order valence-electron chi connectivity index (χ0n) is 14.2. The van der Waals surface area contributed by atoms with Gasteiger partial charge in [0.1, 0.15) is 5.75 Å². The lowest BCUT2D eigenvalue weighted by Gasteiger charge is -2.11. The third kappa shape index (κ3) is 11.3. The molecule has 0 N–H and O–H groups in total. The van der Waals surface area contributed by atoms with Crippen LogP contribution in [0.3, 0.4) is 0 Å². The van der Waals surface area contributed by atoms with Crippen LogP contribution in [0, 0.1) is 6.92 Å². The Labute approximate surface area is 137 Å². The van der Waals surface area contributed by atoms with E-state index in [9.17, 15) is 13.2 Å². The molecule has 0 unspecified atom stereocenters. The minimum Gasteiger partial charge on any atom is -0.406 e. The molecule has 0 atom stereocenters. The van der Waals surface area contributed by atoms with E-state index in [-0.39, 0.29) is 5.75 Å². The van der Waals surface area contributed by atoms with Gasteiger partial charge in [0.15, 0.2) is 0 Å². The van der Waals surface area contributed by atoms with Gasteiger partial charge in [0, 0.05) is 0 Å². The van der Waals surface area contributed by atoms with Crippen molar-refractivity contribution >= 4 is 0 Å². The number of hydrogen-bond donors (Lipinski definition) is 0. The summed E-state index contributed by atoms with van der Waals surface area (Å²) in [6.45, 7) is 8.11. The van der Waals surface area contributed by atoms with Gasteiger partial charge in [-0.05, 0) is 25.0 Å². The van der Waals surface area contributed by atoms with Crippen LogP contribution in [0.4, 0.5) is 13.2 Å². The number of para-hydroxylation sites is 1. The molecule has 128 valence electrons. The molecule has 4 heteroatoms. The zero-order chi connectivity index (χ0) is 17.7. The maximum Gasteiger partial charge on any atom is 0.573 e. The minimum atomic E-state index is -4.61. The normalized spacial score (nSPS) is 9.87. The first-order chi connectivity index (χ1) is 10.8. The van der Waals surface area contributed by atoms with Gasteiger partial charge in [0.2, 0.25) is 0 Å². The highest BCUT2D eigenvalue weighted by molar-refractivity contribution is 5.33. The van der Waals surface area contributed by atoms with E-state index >= 15 is 0 Å². The van der Waals surface area contributed by atoms with E-state index in [0.717, 1.165) is 0 Å². The SMILES string of the molecule is CCC.CCc1ccccc1OC(F)(F)F.Cc1ccccc1. The second kappa shape index (κ2) is 11.6. The van der Waals surface area contributed by atoms with E-state index in [1.54, 1.807) is 19.1 Å². The minimum absolute atomic E-state index is 0.113. The molecule has 0 saturated carbocycles. The molecule has 2 aromatic rings. The van der Waals surface area contributed by atoms with Crippen LogP contribution in [0.5, 0.6) is 5.75 Å². The van der Waals surface area contributed by atoms with Crippen molar-refractivity contribution in [2.75, 3.05) is 0 Å². The summed E-state index contributed by atoms with van der Waals surface area (Å²) in [4.78, 5) is 0. The highest BCUT2D eigenvalue weighted by Gasteiger charge is 2.31. The predicted molar refractivity (Wildman–Crippen MR) is 89.6 cm³/mol. The summed E-state index contributed by atoms with van der Waals surface area (Å²) in [5.74, 6) is -0.113. The average molecular weight is 326 g/mol. The monoisotopic (exact) mass is 326 g/mol. The quantitative estimate of drug-likeness (QED) is 0.607. The van der Waals surface area contributed by atoms with Crippen LogP contribution in [-0.4, -0.2) is 6.36 Å². The van der Waals surface area contributed by atoms with Gasteiger partial charge in [0.25, 0.3) is 0 Å². The lowest BCUT2D eigenvalue weighted by atomic mass is 10.1. The van der Waals surface area contributed by atoms with E-state index in [0.29, 0.717) is 12.0 Å². The van der Waals surface area contributed by atoms with Gasteiger partial charge in [-0.15, -0.1) is 13.2 Å². The van der Waals surface area contributed by atoms with E-state index in [1.165, 1.54) is 24.1 Å². The van der Waals surface area contributed by atoms with Crippen LogP contribution >= 0.6 is 0 Å². The Bertz CT molecular complexity index is 522. The van der Waals surface area contributed by atoms with Gasteiger partial charge in [-0.1, -0.05) is 81.3 Å². The van der Waals surface area contributed by atoms with Crippen molar-refractivity contribution in [2.45, 2.75) is 46.9 Å². The number of hydrogen-bond acceptors (Lipinski definition) is 1. The molecule has 0 aliphatic carbocycles. The highest BCUT2D eigenvalue weighted by atomic mass is 19.4. The second-order valence-electron chi connectivity index (χ2n) is 4.87. The number of alkyl halides is 3. The number of rotatable bonds is 2. The van der Waals surface area contributed by atoms with Crippen molar-refractivity contribution in [3.05, 3.63) is 65.7 Å². The Morgan fingerprint density at radius 2 is 1.30 bits per heavy atom. The van der Waals surface area contributed by atoms with E-state index in [4.69, 9.17) is 0 Å². The Kier molecular flexibility index (Phi) is 10.6. The standard InChI is InChI=1S/C9H9F3O.C7H8.C3H8/c1-2-7-5-3-4-6-8(7)13-9(10,11)12;1-7-5-3-2-4-6-7;1-3-2/h3-6H,2H2,1H3;2-6H,1H3;3H2,1-2H3. The first kappa shape index (κ1) is 21.0. The van der Waals surface area contributed by atoms with Crippen LogP contribution in [0.2, 0.25) is 0 Å². The molecular weight excluding hydrogens is 301 g/mol. The van der Waals surface area contributed by atoms with Gasteiger partial charge in [-0.25, -0.2) is 0 Å². The number of ether oxygens (including phenoxy) is 1. The first-order valence-electron chi connectivity index (χ1n) is 7.69. The van der Waals surface area contributed by atoms with Crippen molar-refractivity contribution in [3.8, 4) is 5.75 Å². The van der Waals surface area contributed by atoms with Crippen molar-refractivity contribution in [1.29, 1.82) is 0 Å². The molecule has 0 aliphatic heterocycles. The molecule has 0 aromatic heterocycles. The Hall–Kier alpha value is -1.97. The third-order valence-electron chi connectivity index (χ3n) is 2.52. The molecule has 1 nitrogen and oxygen atoms in total. The largest absolute Gasteiger partial charge is 0.573 e. The summed E-state index contributed by atoms with van der Waals surface area (Å²) >= 11 is 0. The molecule has 0 spiro atoms. The molecule has 0 radical (unpaired) electrons. The number of aryl methyl sites for hydroxylation is 2. The van der Waals surface area contributed by atoms with Crippen molar-refractivity contribution in [3.63, 3.8) is 0 Å². The van der Waals surface area contributed by atoms with Crippen molar-refractivity contribution in [2.24, 2.45) is 0 Å². The molecule has 23 heavy (non-hydrogen) atoms. The Balaban J connectivity index is 0.000000404. The lowest BCUT2D eigenvalue weighted by Crippen LogP contribution is -2.17. The predicted octanol–water partition coefficient (Wildman–Crippen LogP) is 6.56. The fourth-order valence-corrected chi connectivity index (χ4v) is 1.55. The third-order valence-corrected chi connectivity index (χ3v) is 2.52. The van der Waals surface area contributed by atoms with Crippen LogP contribution in [-0.2, 0) is 6.42 Å². The topological polar surface area (TPSA) is 9.23 Å². The molecule has 2 rings (SSSR count). The lowest BCUT2D eigenvalue weighted by molar-refractivity contribution is -0.274. The van der Waals surface area contributed by atoms with Gasteiger partial charge in [0.05, 0.1) is 0 Å². The van der Waals surface area contributed by atoms with Gasteiger partial charge in [-0.2, -0.15) is 0 Å². The maximum absolute atomic E-state index is 11.8. The van der Waals surface area contributed by atoms with Crippen molar-refractivity contribution < 1.29 is 17.9 Å². The van der Waals surface area contributed by atoms with Crippen LogP contribution in [0.25, 0.3) is 0 Å². The zero-order valence-corrected chi connectivity index (χ0v) is 14.2. The molecule has 0 saturated heterocycles. The summed E-state index contributed by atoms with van der Waals surface area (Å²) < 4.78 is 39.3. The summed E-state index contributed by atoms with van der Waals surface area (Å²) in [5.41, 5.74) is 1.88. The average Bonchev–Trinajstić information content (AvgIpc) is 2.48. The summed E-state index contributed by atoms with van der Waals surface area (Å²) in [7, 11) is 0. The van der Waals surface area contributed by atoms with Crippen molar-refractivity contribution in [1.82, 2.24) is 0 Å². The van der Waals surface area contributed by atoms with Crippen LogP contribution in [0.15, 0.2) is 54.6 Å². The molecule has 2 aromatic carbocycles. The smallest absolute Gasteiger partial charge is 0.406 e. The van der Waals surface area contributed by atoms with E-state index < -0.39 is 6.36 Å². The summed E-state index contributed by atoms with van der Waals surface area (Å²) in [6.07, 6.45) is -2.84. The molecule has 0 aliphatic rings. The Morgan fingerprint density at radius 1 is 0.826 bits per heavy atom. The fourth-order valence-electron chi connectivity index (χ4n) is 1.55. The van der Waals surface area contributed by atoms with E-state index in [2.05, 4.69) is 37.6 Å². The number of benzene rings is 2. The fraction of sp³-hybridized carbons (Fsp3) is 0.368. The van der Waals surface area contributed by atoms with Gasteiger partial charge in [-0.3, -0.25) is 0 Å². The summed E-state index contributed by atoms with van der Waals surface area (Å²) in [6, 6.07) is 16.4. The van der Waals surface area contributed by atoms with E-state index in [1.807, 2.05) is 18.2 Å². The maximum atomic E-state index is 11.8. The molecule has 0 heterocycles. The molecule has 0 bridgehead atoms. The number of halogens is 3. The van der Waals surface area contributed by atoms with Gasteiger partial charge >= 0.3 is 6.36 Å². The van der Waals surface area contributed by atoms with Crippen LogP contribution < -0.4 is 4.74 Å². The summed E-state index contributed by atoms with van der Waals surface area (Å²) in [5, 5.41) is 0. The molecule has 0 fully saturated rings. The second-order valence-corrected chi connectivity index (χ2v) is 4.87. The first-order valence-corrected chi connectivity index (χ1v) is 7.69.